The van der Waals surface area contributed by atoms with Gasteiger partial charge in [-0.3, -0.25) is 5.10 Å². The topological polar surface area (TPSA) is 78.5 Å². The second-order valence-corrected chi connectivity index (χ2v) is 4.52. The van der Waals surface area contributed by atoms with Gasteiger partial charge in [0, 0.05) is 23.7 Å². The molecule has 6 heteroatoms. The molecule has 0 atom stereocenters. The molecule has 3 N–H and O–H groups in total. The lowest BCUT2D eigenvalue weighted by Gasteiger charge is -2.11. The fourth-order valence-electron chi connectivity index (χ4n) is 2.02. The first kappa shape index (κ1) is 12.4. The molecule has 0 unspecified atom stereocenters. The maximum atomic E-state index is 4.48. The molecular weight excluding hydrogens is 252 g/mol. The molecule has 0 bridgehead atoms. The highest BCUT2D eigenvalue weighted by molar-refractivity contribution is 5.92. The predicted octanol–water partition coefficient (Wildman–Crippen LogP) is 2.84. The first-order chi connectivity index (χ1) is 9.78. The largest absolute Gasteiger partial charge is 0.354 e. The van der Waals surface area contributed by atoms with Gasteiger partial charge in [0.1, 0.15) is 5.82 Å². The molecule has 0 spiro atoms. The average molecular weight is 268 g/mol. The van der Waals surface area contributed by atoms with Crippen LogP contribution >= 0.6 is 0 Å². The number of nitrogens with one attached hydrogen (secondary N) is 3. The molecule has 0 saturated heterocycles. The number of H-pyrrole nitrogens is 1. The van der Waals surface area contributed by atoms with Crippen molar-refractivity contribution < 1.29 is 0 Å². The van der Waals surface area contributed by atoms with E-state index in [2.05, 4.69) is 30.8 Å². The van der Waals surface area contributed by atoms with Crippen molar-refractivity contribution in [1.82, 2.24) is 20.2 Å². The zero-order valence-corrected chi connectivity index (χ0v) is 11.4. The van der Waals surface area contributed by atoms with E-state index < -0.39 is 0 Å². The summed E-state index contributed by atoms with van der Waals surface area (Å²) >= 11 is 0. The van der Waals surface area contributed by atoms with Gasteiger partial charge in [0.25, 0.3) is 0 Å². The summed E-state index contributed by atoms with van der Waals surface area (Å²) in [7, 11) is 0. The van der Waals surface area contributed by atoms with Crippen molar-refractivity contribution in [3.05, 3.63) is 36.2 Å². The minimum Gasteiger partial charge on any atom is -0.354 e. The van der Waals surface area contributed by atoms with Crippen LogP contribution in [0.5, 0.6) is 0 Å². The van der Waals surface area contributed by atoms with E-state index in [0.29, 0.717) is 5.95 Å². The van der Waals surface area contributed by atoms with Crippen LogP contribution in [-0.4, -0.2) is 26.7 Å². The summed E-state index contributed by atoms with van der Waals surface area (Å²) in [6.07, 6.45) is 3.61. The van der Waals surface area contributed by atoms with Gasteiger partial charge in [0.15, 0.2) is 0 Å². The number of benzene rings is 1. The van der Waals surface area contributed by atoms with Gasteiger partial charge in [0.2, 0.25) is 5.95 Å². The van der Waals surface area contributed by atoms with Gasteiger partial charge in [-0.2, -0.15) is 10.1 Å². The predicted molar refractivity (Wildman–Crippen MR) is 80.3 cm³/mol. The lowest BCUT2D eigenvalue weighted by atomic mass is 10.2. The summed E-state index contributed by atoms with van der Waals surface area (Å²) in [6.45, 7) is 4.79. The van der Waals surface area contributed by atoms with E-state index in [-0.39, 0.29) is 0 Å². The lowest BCUT2D eigenvalue weighted by molar-refractivity contribution is 1.07. The van der Waals surface area contributed by atoms with Crippen LogP contribution in [0.1, 0.15) is 12.5 Å². The molecule has 3 aromatic rings. The van der Waals surface area contributed by atoms with E-state index >= 15 is 0 Å². The highest BCUT2D eigenvalue weighted by atomic mass is 15.1. The van der Waals surface area contributed by atoms with Crippen LogP contribution in [0.15, 0.2) is 30.6 Å². The second kappa shape index (κ2) is 5.16. The van der Waals surface area contributed by atoms with Gasteiger partial charge in [0.05, 0.1) is 17.4 Å². The second-order valence-electron chi connectivity index (χ2n) is 4.52. The van der Waals surface area contributed by atoms with Crippen molar-refractivity contribution in [3.8, 4) is 0 Å². The fraction of sp³-hybridized carbons (Fsp3) is 0.214. The number of aryl methyl sites for hydroxylation is 1. The van der Waals surface area contributed by atoms with Gasteiger partial charge in [-0.25, -0.2) is 4.98 Å². The molecular formula is C14H16N6. The van der Waals surface area contributed by atoms with Crippen LogP contribution in [0.25, 0.3) is 10.9 Å². The lowest BCUT2D eigenvalue weighted by Crippen LogP contribution is -2.05. The number of nitrogens with zero attached hydrogens (tertiary/aromatic N) is 3. The Morgan fingerprint density at radius 1 is 1.25 bits per heavy atom. The molecule has 6 nitrogen and oxygen atoms in total. The van der Waals surface area contributed by atoms with Gasteiger partial charge in [-0.1, -0.05) is 6.07 Å². The Bertz CT molecular complexity index is 733. The Hall–Kier alpha value is -2.63. The Labute approximate surface area is 116 Å². The molecule has 0 aliphatic rings. The van der Waals surface area contributed by atoms with Crippen LogP contribution < -0.4 is 10.6 Å². The molecule has 0 aliphatic heterocycles. The molecule has 0 fully saturated rings. The van der Waals surface area contributed by atoms with Crippen LogP contribution in [0.2, 0.25) is 0 Å². The van der Waals surface area contributed by atoms with Crippen LogP contribution in [0.3, 0.4) is 0 Å². The number of fused-ring (bicyclic) bond motifs is 1. The zero-order chi connectivity index (χ0) is 13.9. The molecule has 0 saturated carbocycles. The number of hydrogen-bond donors (Lipinski definition) is 3. The average Bonchev–Trinajstić information content (AvgIpc) is 2.92. The molecule has 3 rings (SSSR count). The van der Waals surface area contributed by atoms with Crippen molar-refractivity contribution in [2.75, 3.05) is 17.2 Å². The SMILES string of the molecule is CCNc1ncc(C)c(Nc2cccc3[nH]ncc23)n1. The highest BCUT2D eigenvalue weighted by Gasteiger charge is 2.07. The molecule has 0 amide bonds. The van der Waals surface area contributed by atoms with Crippen LogP contribution in [0.4, 0.5) is 17.5 Å². The van der Waals surface area contributed by atoms with Crippen molar-refractivity contribution >= 4 is 28.4 Å². The van der Waals surface area contributed by atoms with E-state index in [9.17, 15) is 0 Å². The smallest absolute Gasteiger partial charge is 0.224 e. The Balaban J connectivity index is 1.98. The molecule has 0 radical (unpaired) electrons. The number of aromatic nitrogens is 4. The van der Waals surface area contributed by atoms with E-state index in [0.717, 1.165) is 34.5 Å². The van der Waals surface area contributed by atoms with E-state index in [1.807, 2.05) is 38.2 Å². The molecule has 20 heavy (non-hydrogen) atoms. The van der Waals surface area contributed by atoms with Gasteiger partial charge in [-0.15, -0.1) is 0 Å². The Morgan fingerprint density at radius 2 is 2.15 bits per heavy atom. The monoisotopic (exact) mass is 268 g/mol. The van der Waals surface area contributed by atoms with Crippen LogP contribution in [0, 0.1) is 6.92 Å². The third-order valence-corrected chi connectivity index (χ3v) is 3.04. The summed E-state index contributed by atoms with van der Waals surface area (Å²) in [5, 5.41) is 14.5. The van der Waals surface area contributed by atoms with E-state index in [4.69, 9.17) is 0 Å². The number of anilines is 3. The summed E-state index contributed by atoms with van der Waals surface area (Å²) in [4.78, 5) is 8.73. The summed E-state index contributed by atoms with van der Waals surface area (Å²) < 4.78 is 0. The third kappa shape index (κ3) is 2.27. The molecule has 102 valence electrons. The van der Waals surface area contributed by atoms with E-state index in [1.54, 1.807) is 6.20 Å². The maximum absolute atomic E-state index is 4.48. The molecule has 1 aromatic carbocycles. The molecule has 2 aromatic heterocycles. The minimum absolute atomic E-state index is 0.625. The van der Waals surface area contributed by atoms with Gasteiger partial charge < -0.3 is 10.6 Å². The Kier molecular flexibility index (Phi) is 3.20. The van der Waals surface area contributed by atoms with Gasteiger partial charge in [-0.05, 0) is 26.0 Å². The van der Waals surface area contributed by atoms with Gasteiger partial charge >= 0.3 is 0 Å². The third-order valence-electron chi connectivity index (χ3n) is 3.04. The minimum atomic E-state index is 0.625. The number of hydrogen-bond acceptors (Lipinski definition) is 5. The first-order valence-electron chi connectivity index (χ1n) is 6.54. The quantitative estimate of drug-likeness (QED) is 0.678. The van der Waals surface area contributed by atoms with Crippen molar-refractivity contribution in [2.45, 2.75) is 13.8 Å². The summed E-state index contributed by atoms with van der Waals surface area (Å²) in [6, 6.07) is 5.97. The van der Waals surface area contributed by atoms with E-state index in [1.165, 1.54) is 0 Å². The van der Waals surface area contributed by atoms with Crippen molar-refractivity contribution in [3.63, 3.8) is 0 Å². The Morgan fingerprint density at radius 3 is 3.00 bits per heavy atom. The maximum Gasteiger partial charge on any atom is 0.224 e. The van der Waals surface area contributed by atoms with Crippen LogP contribution in [-0.2, 0) is 0 Å². The number of rotatable bonds is 4. The summed E-state index contributed by atoms with van der Waals surface area (Å²) in [5.74, 6) is 1.42. The fourth-order valence-corrected chi connectivity index (χ4v) is 2.02. The summed E-state index contributed by atoms with van der Waals surface area (Å²) in [5.41, 5.74) is 2.96. The molecule has 2 heterocycles. The van der Waals surface area contributed by atoms with Crippen molar-refractivity contribution in [2.24, 2.45) is 0 Å². The zero-order valence-electron chi connectivity index (χ0n) is 11.4. The standard InChI is InChI=1S/C14H16N6/c1-3-15-14-16-7-9(2)13(19-14)18-11-5-4-6-12-10(11)8-17-20-12/h4-8H,3H2,1-2H3,(H,17,20)(H2,15,16,18,19). The first-order valence-corrected chi connectivity index (χ1v) is 6.54. The highest BCUT2D eigenvalue weighted by Crippen LogP contribution is 2.25. The number of aromatic amines is 1. The molecule has 0 aliphatic carbocycles. The normalized spacial score (nSPS) is 10.7. The van der Waals surface area contributed by atoms with Crippen molar-refractivity contribution in [1.29, 1.82) is 0 Å².